The van der Waals surface area contributed by atoms with Crippen molar-refractivity contribution in [2.24, 2.45) is 0 Å². The zero-order valence-corrected chi connectivity index (χ0v) is 33.4. The molecule has 57 heavy (non-hydrogen) atoms. The average molecular weight is 761 g/mol. The number of rotatable bonds is 4. The van der Waals surface area contributed by atoms with Crippen LogP contribution in [0.15, 0.2) is 100 Å². The van der Waals surface area contributed by atoms with Gasteiger partial charge in [-0.1, -0.05) is 35.4 Å². The largest absolute Gasteiger partial charge is 0.439 e. The first-order chi connectivity index (χ1) is 27.1. The number of benzene rings is 4. The van der Waals surface area contributed by atoms with Crippen LogP contribution in [0.5, 0.6) is 0 Å². The number of aryl methyl sites for hydroxylation is 2. The van der Waals surface area contributed by atoms with Crippen LogP contribution in [0, 0.1) is 13.8 Å². The fourth-order valence-electron chi connectivity index (χ4n) is 8.55. The third-order valence-corrected chi connectivity index (χ3v) is 10.8. The molecule has 4 aromatic carbocycles. The SMILES string of the molecule is Cc1ccc2oc(=O)c3c(-c4ccc5c(c4)CN4CN5Cc5cc(-c6c(NC(C)(C)C)oc7c6c(=O)oc6ccc(C)cc67)ccc54)c(NC(C)(C)C)oc3c2c1. The lowest BCUT2D eigenvalue weighted by molar-refractivity contribution is 0.556. The zero-order valence-electron chi connectivity index (χ0n) is 33.4. The molecule has 0 spiro atoms. The summed E-state index contributed by atoms with van der Waals surface area (Å²) in [5, 5.41) is 9.45. The summed E-state index contributed by atoms with van der Waals surface area (Å²) < 4.78 is 24.9. The van der Waals surface area contributed by atoms with Gasteiger partial charge in [-0.25, -0.2) is 9.59 Å². The molecule has 4 aromatic heterocycles. The summed E-state index contributed by atoms with van der Waals surface area (Å²) in [6.07, 6.45) is 0. The molecular weight excluding hydrogens is 717 g/mol. The first-order valence-electron chi connectivity index (χ1n) is 19.4. The van der Waals surface area contributed by atoms with E-state index >= 15 is 0 Å². The quantitative estimate of drug-likeness (QED) is 0.168. The number of hydrogen-bond acceptors (Lipinski definition) is 10. The minimum Gasteiger partial charge on any atom is -0.439 e. The Morgan fingerprint density at radius 1 is 0.544 bits per heavy atom. The van der Waals surface area contributed by atoms with E-state index in [4.69, 9.17) is 17.7 Å². The summed E-state index contributed by atoms with van der Waals surface area (Å²) in [5.74, 6) is 1.08. The van der Waals surface area contributed by atoms with Crippen LogP contribution in [-0.2, 0) is 13.1 Å². The molecule has 0 radical (unpaired) electrons. The fourth-order valence-corrected chi connectivity index (χ4v) is 8.55. The maximum absolute atomic E-state index is 13.7. The predicted molar refractivity (Wildman–Crippen MR) is 229 cm³/mol. The van der Waals surface area contributed by atoms with Gasteiger partial charge in [-0.2, -0.15) is 0 Å². The Bertz CT molecular complexity index is 2900. The van der Waals surface area contributed by atoms with Crippen molar-refractivity contribution in [2.45, 2.75) is 79.6 Å². The van der Waals surface area contributed by atoms with Crippen molar-refractivity contribution in [3.63, 3.8) is 0 Å². The Morgan fingerprint density at radius 3 is 1.37 bits per heavy atom. The smallest absolute Gasteiger partial charge is 0.348 e. The molecule has 0 aliphatic carbocycles. The van der Waals surface area contributed by atoms with Gasteiger partial charge < -0.3 is 38.1 Å². The van der Waals surface area contributed by atoms with Gasteiger partial charge >= 0.3 is 11.3 Å². The molecule has 0 atom stereocenters. The Balaban J connectivity index is 1.07. The predicted octanol–water partition coefficient (Wildman–Crippen LogP) is 11.1. The van der Waals surface area contributed by atoms with Gasteiger partial charge in [-0.3, -0.25) is 0 Å². The van der Waals surface area contributed by atoms with Gasteiger partial charge in [0.1, 0.15) is 21.9 Å². The first kappa shape index (κ1) is 35.0. The molecule has 8 aromatic rings. The van der Waals surface area contributed by atoms with Gasteiger partial charge in [0.2, 0.25) is 11.8 Å². The number of nitrogens with zero attached hydrogens (tertiary/aromatic N) is 2. The van der Waals surface area contributed by atoms with Crippen molar-refractivity contribution in [1.82, 2.24) is 0 Å². The molecule has 2 aliphatic heterocycles. The Hall–Kier alpha value is -6.42. The molecular formula is C47H44N4O6. The van der Waals surface area contributed by atoms with E-state index in [0.29, 0.717) is 69.1 Å². The van der Waals surface area contributed by atoms with Gasteiger partial charge in [-0.05, 0) is 126 Å². The number of hydrogen-bond donors (Lipinski definition) is 2. The molecule has 0 saturated carbocycles. The van der Waals surface area contributed by atoms with Crippen LogP contribution >= 0.6 is 0 Å². The van der Waals surface area contributed by atoms with Crippen LogP contribution < -0.4 is 31.7 Å². The van der Waals surface area contributed by atoms with Gasteiger partial charge in [-0.15, -0.1) is 0 Å². The second-order valence-electron chi connectivity index (χ2n) is 17.8. The summed E-state index contributed by atoms with van der Waals surface area (Å²) in [6, 6.07) is 24.3. The third kappa shape index (κ3) is 5.76. The molecule has 2 bridgehead atoms. The van der Waals surface area contributed by atoms with Crippen molar-refractivity contribution in [3.05, 3.63) is 116 Å². The van der Waals surface area contributed by atoms with E-state index in [1.165, 1.54) is 0 Å². The Morgan fingerprint density at radius 2 is 0.965 bits per heavy atom. The van der Waals surface area contributed by atoms with Crippen LogP contribution in [0.25, 0.3) is 66.1 Å². The summed E-state index contributed by atoms with van der Waals surface area (Å²) in [5.41, 5.74) is 10.3. The van der Waals surface area contributed by atoms with Crippen molar-refractivity contribution < 1.29 is 17.7 Å². The van der Waals surface area contributed by atoms with E-state index in [9.17, 15) is 9.59 Å². The van der Waals surface area contributed by atoms with Crippen LogP contribution in [0.4, 0.5) is 23.1 Å². The fraction of sp³-hybridized carbons (Fsp3) is 0.277. The highest BCUT2D eigenvalue weighted by molar-refractivity contribution is 6.11. The number of furan rings is 2. The van der Waals surface area contributed by atoms with E-state index in [2.05, 4.69) is 98.4 Å². The van der Waals surface area contributed by atoms with E-state index in [-0.39, 0.29) is 11.1 Å². The average Bonchev–Trinajstić information content (AvgIpc) is 3.70. The maximum Gasteiger partial charge on any atom is 0.348 e. The van der Waals surface area contributed by atoms with Gasteiger partial charge in [0, 0.05) is 35.5 Å². The van der Waals surface area contributed by atoms with Gasteiger partial charge in [0.05, 0.1) is 28.6 Å². The second-order valence-corrected chi connectivity index (χ2v) is 17.8. The highest BCUT2D eigenvalue weighted by atomic mass is 16.4. The Labute approximate surface area is 328 Å². The molecule has 10 rings (SSSR count). The number of fused-ring (bicyclic) bond motifs is 12. The highest BCUT2D eigenvalue weighted by Gasteiger charge is 2.33. The molecule has 0 unspecified atom stereocenters. The number of anilines is 4. The van der Waals surface area contributed by atoms with E-state index in [1.54, 1.807) is 0 Å². The van der Waals surface area contributed by atoms with Crippen molar-refractivity contribution in [3.8, 4) is 22.3 Å². The molecule has 10 nitrogen and oxygen atoms in total. The standard InChI is InChI=1S/C47H44N4O6/c1-24-9-15-34-30(17-24)40-38(44(52)54-34)36(42(56-40)48-46(3,4)5)26-11-13-32-28(19-26)21-50-23-51(32)22-29-20-27(12-14-33(29)50)37-39-41(57-43(37)49-47(6,7)8)31-18-25(2)10-16-35(31)55-45(39)53/h9-20,48-49H,21-23H2,1-8H3. The molecule has 6 heterocycles. The topological polar surface area (TPSA) is 117 Å². The Kier molecular flexibility index (Phi) is 7.40. The lowest BCUT2D eigenvalue weighted by atomic mass is 9.94. The summed E-state index contributed by atoms with van der Waals surface area (Å²) in [4.78, 5) is 32.1. The molecule has 0 amide bonds. The van der Waals surface area contributed by atoms with Gasteiger partial charge in [0.25, 0.3) is 0 Å². The highest BCUT2D eigenvalue weighted by Crippen LogP contribution is 2.47. The molecule has 10 heteroatoms. The monoisotopic (exact) mass is 760 g/mol. The van der Waals surface area contributed by atoms with E-state index in [0.717, 1.165) is 62.2 Å². The summed E-state index contributed by atoms with van der Waals surface area (Å²) in [7, 11) is 0. The molecule has 2 N–H and O–H groups in total. The second kappa shape index (κ2) is 12.0. The normalized spacial score (nSPS) is 14.2. The molecule has 288 valence electrons. The molecule has 2 aliphatic rings. The molecule has 0 saturated heterocycles. The van der Waals surface area contributed by atoms with Crippen molar-refractivity contribution >= 4 is 67.0 Å². The first-order valence-corrected chi connectivity index (χ1v) is 19.4. The van der Waals surface area contributed by atoms with Gasteiger partial charge in [0.15, 0.2) is 11.2 Å². The summed E-state index contributed by atoms with van der Waals surface area (Å²) in [6.45, 7) is 18.5. The summed E-state index contributed by atoms with van der Waals surface area (Å²) >= 11 is 0. The maximum atomic E-state index is 13.7. The van der Waals surface area contributed by atoms with Crippen molar-refractivity contribution in [2.75, 3.05) is 27.1 Å². The molecule has 0 fully saturated rings. The van der Waals surface area contributed by atoms with Crippen LogP contribution in [0.2, 0.25) is 0 Å². The minimum absolute atomic E-state index is 0.330. The zero-order chi connectivity index (χ0) is 39.7. The van der Waals surface area contributed by atoms with Crippen LogP contribution in [0.3, 0.4) is 0 Å². The minimum atomic E-state index is -0.429. The lowest BCUT2D eigenvalue weighted by Crippen LogP contribution is -2.46. The number of nitrogens with one attached hydrogen (secondary N) is 2. The van der Waals surface area contributed by atoms with E-state index < -0.39 is 11.3 Å². The lowest BCUT2D eigenvalue weighted by Gasteiger charge is -2.45. The van der Waals surface area contributed by atoms with Crippen molar-refractivity contribution in [1.29, 1.82) is 0 Å². The van der Waals surface area contributed by atoms with Crippen LogP contribution in [0.1, 0.15) is 63.8 Å². The van der Waals surface area contributed by atoms with Crippen LogP contribution in [-0.4, -0.2) is 17.7 Å². The van der Waals surface area contributed by atoms with E-state index in [1.807, 2.05) is 50.2 Å². The third-order valence-electron chi connectivity index (χ3n) is 10.8.